The van der Waals surface area contributed by atoms with Crippen LogP contribution in [-0.4, -0.2) is 41.7 Å². The fraction of sp³-hybridized carbons (Fsp3) is 0.923. The van der Waals surface area contributed by atoms with Gasteiger partial charge in [0.15, 0.2) is 0 Å². The van der Waals surface area contributed by atoms with Crippen molar-refractivity contribution < 1.29 is 9.90 Å². The number of aliphatic hydroxyl groups is 1. The average Bonchev–Trinajstić information content (AvgIpc) is 2.80. The van der Waals surface area contributed by atoms with Gasteiger partial charge in [-0.2, -0.15) is 0 Å². The van der Waals surface area contributed by atoms with E-state index in [1.807, 2.05) is 4.90 Å². The standard InChI is InChI=1S/C13H26N2O2/c1-2-5-11(10-14)13(17)15-8-3-6-12(15)7-4-9-16/h11-12,16H,2-10,14H2,1H3. The Bertz CT molecular complexity index is 233. The van der Waals surface area contributed by atoms with Gasteiger partial charge in [-0.05, 0) is 32.1 Å². The first kappa shape index (κ1) is 14.5. The van der Waals surface area contributed by atoms with E-state index in [9.17, 15) is 4.79 Å². The molecule has 0 aromatic heterocycles. The molecule has 0 aliphatic carbocycles. The van der Waals surface area contributed by atoms with Crippen LogP contribution in [0.2, 0.25) is 0 Å². The van der Waals surface area contributed by atoms with Crippen molar-refractivity contribution in [2.75, 3.05) is 19.7 Å². The molecule has 2 unspecified atom stereocenters. The van der Waals surface area contributed by atoms with Crippen LogP contribution in [0.25, 0.3) is 0 Å². The molecule has 4 heteroatoms. The average molecular weight is 242 g/mol. The summed E-state index contributed by atoms with van der Waals surface area (Å²) < 4.78 is 0. The maximum absolute atomic E-state index is 12.3. The van der Waals surface area contributed by atoms with Gasteiger partial charge < -0.3 is 15.7 Å². The van der Waals surface area contributed by atoms with Crippen molar-refractivity contribution in [3.8, 4) is 0 Å². The van der Waals surface area contributed by atoms with Crippen LogP contribution in [0.4, 0.5) is 0 Å². The Morgan fingerprint density at radius 2 is 2.35 bits per heavy atom. The molecule has 1 rings (SSSR count). The zero-order valence-corrected chi connectivity index (χ0v) is 10.9. The van der Waals surface area contributed by atoms with E-state index >= 15 is 0 Å². The molecular weight excluding hydrogens is 216 g/mol. The van der Waals surface area contributed by atoms with Gasteiger partial charge in [-0.15, -0.1) is 0 Å². The Morgan fingerprint density at radius 1 is 1.59 bits per heavy atom. The maximum Gasteiger partial charge on any atom is 0.227 e. The van der Waals surface area contributed by atoms with Gasteiger partial charge in [-0.25, -0.2) is 0 Å². The van der Waals surface area contributed by atoms with E-state index in [1.54, 1.807) is 0 Å². The van der Waals surface area contributed by atoms with Crippen molar-refractivity contribution in [2.45, 2.75) is 51.5 Å². The molecule has 1 saturated heterocycles. The predicted molar refractivity (Wildman–Crippen MR) is 68.5 cm³/mol. The minimum absolute atomic E-state index is 0.00488. The maximum atomic E-state index is 12.3. The van der Waals surface area contributed by atoms with Crippen LogP contribution in [0, 0.1) is 5.92 Å². The van der Waals surface area contributed by atoms with Crippen molar-refractivity contribution in [2.24, 2.45) is 11.7 Å². The second-order valence-corrected chi connectivity index (χ2v) is 4.91. The van der Waals surface area contributed by atoms with E-state index in [0.29, 0.717) is 12.6 Å². The lowest BCUT2D eigenvalue weighted by Gasteiger charge is -2.28. The zero-order valence-electron chi connectivity index (χ0n) is 10.9. The molecule has 1 aliphatic rings. The lowest BCUT2D eigenvalue weighted by Crippen LogP contribution is -2.42. The molecule has 0 aromatic carbocycles. The molecular formula is C13H26N2O2. The van der Waals surface area contributed by atoms with Gasteiger partial charge in [-0.3, -0.25) is 4.79 Å². The number of rotatable bonds is 7. The molecule has 0 spiro atoms. The number of nitrogens with zero attached hydrogens (tertiary/aromatic N) is 1. The summed E-state index contributed by atoms with van der Waals surface area (Å²) in [5.41, 5.74) is 5.69. The quantitative estimate of drug-likeness (QED) is 0.703. The van der Waals surface area contributed by atoms with E-state index in [2.05, 4.69) is 6.92 Å². The largest absolute Gasteiger partial charge is 0.396 e. The van der Waals surface area contributed by atoms with Crippen LogP contribution in [0.15, 0.2) is 0 Å². The Morgan fingerprint density at radius 3 is 2.94 bits per heavy atom. The van der Waals surface area contributed by atoms with Crippen molar-refractivity contribution in [1.82, 2.24) is 4.90 Å². The number of nitrogens with two attached hydrogens (primary N) is 1. The normalized spacial score (nSPS) is 21.8. The second kappa shape index (κ2) is 7.67. The van der Waals surface area contributed by atoms with Crippen molar-refractivity contribution >= 4 is 5.91 Å². The molecule has 100 valence electrons. The van der Waals surface area contributed by atoms with Crippen LogP contribution in [0.5, 0.6) is 0 Å². The van der Waals surface area contributed by atoms with Gasteiger partial charge in [0.1, 0.15) is 0 Å². The third-order valence-electron chi connectivity index (χ3n) is 3.63. The van der Waals surface area contributed by atoms with Crippen LogP contribution in [0.3, 0.4) is 0 Å². The number of carbonyl (C=O) groups excluding carboxylic acids is 1. The van der Waals surface area contributed by atoms with Crippen molar-refractivity contribution in [3.63, 3.8) is 0 Å². The summed E-state index contributed by atoms with van der Waals surface area (Å²) in [7, 11) is 0. The Balaban J connectivity index is 2.53. The summed E-state index contributed by atoms with van der Waals surface area (Å²) in [4.78, 5) is 14.3. The van der Waals surface area contributed by atoms with Crippen LogP contribution >= 0.6 is 0 Å². The van der Waals surface area contributed by atoms with Gasteiger partial charge in [0.05, 0.1) is 5.92 Å². The Hall–Kier alpha value is -0.610. The topological polar surface area (TPSA) is 66.6 Å². The molecule has 3 N–H and O–H groups in total. The highest BCUT2D eigenvalue weighted by molar-refractivity contribution is 5.79. The van der Waals surface area contributed by atoms with E-state index in [1.165, 1.54) is 0 Å². The van der Waals surface area contributed by atoms with Gasteiger partial charge in [0.2, 0.25) is 5.91 Å². The van der Waals surface area contributed by atoms with Crippen LogP contribution in [0.1, 0.15) is 45.4 Å². The number of hydrogen-bond acceptors (Lipinski definition) is 3. The number of likely N-dealkylation sites (tertiary alicyclic amines) is 1. The van der Waals surface area contributed by atoms with E-state index in [0.717, 1.165) is 45.1 Å². The summed E-state index contributed by atoms with van der Waals surface area (Å²) >= 11 is 0. The number of hydrogen-bond donors (Lipinski definition) is 2. The van der Waals surface area contributed by atoms with Gasteiger partial charge in [-0.1, -0.05) is 13.3 Å². The van der Waals surface area contributed by atoms with E-state index in [4.69, 9.17) is 10.8 Å². The molecule has 4 nitrogen and oxygen atoms in total. The van der Waals surface area contributed by atoms with Crippen molar-refractivity contribution in [3.05, 3.63) is 0 Å². The number of carbonyl (C=O) groups is 1. The highest BCUT2D eigenvalue weighted by Gasteiger charge is 2.31. The Kier molecular flexibility index (Phi) is 6.52. The molecule has 0 saturated carbocycles. The Labute approximate surface area is 104 Å². The molecule has 0 radical (unpaired) electrons. The number of aliphatic hydroxyl groups excluding tert-OH is 1. The van der Waals surface area contributed by atoms with E-state index < -0.39 is 0 Å². The lowest BCUT2D eigenvalue weighted by molar-refractivity contribution is -0.136. The van der Waals surface area contributed by atoms with Gasteiger partial charge in [0, 0.05) is 25.7 Å². The third kappa shape index (κ3) is 3.96. The second-order valence-electron chi connectivity index (χ2n) is 4.91. The summed E-state index contributed by atoms with van der Waals surface area (Å²) in [6, 6.07) is 0.334. The van der Waals surface area contributed by atoms with Crippen molar-refractivity contribution in [1.29, 1.82) is 0 Å². The SMILES string of the molecule is CCCC(CN)C(=O)N1CCCC1CCCO. The summed E-state index contributed by atoms with van der Waals surface area (Å²) in [5, 5.41) is 8.87. The minimum atomic E-state index is -0.00488. The zero-order chi connectivity index (χ0) is 12.7. The summed E-state index contributed by atoms with van der Waals surface area (Å²) in [6.07, 6.45) is 5.77. The fourth-order valence-corrected chi connectivity index (χ4v) is 2.68. The number of amides is 1. The summed E-state index contributed by atoms with van der Waals surface area (Å²) in [6.45, 7) is 3.63. The molecule has 1 aliphatic heterocycles. The molecule has 1 heterocycles. The molecule has 0 aromatic rings. The fourth-order valence-electron chi connectivity index (χ4n) is 2.68. The van der Waals surface area contributed by atoms with E-state index in [-0.39, 0.29) is 18.4 Å². The van der Waals surface area contributed by atoms with Gasteiger partial charge >= 0.3 is 0 Å². The predicted octanol–water partition coefficient (Wildman–Crippen LogP) is 1.12. The molecule has 0 bridgehead atoms. The minimum Gasteiger partial charge on any atom is -0.396 e. The molecule has 17 heavy (non-hydrogen) atoms. The lowest BCUT2D eigenvalue weighted by atomic mass is 10.0. The summed E-state index contributed by atoms with van der Waals surface area (Å²) in [5.74, 6) is 0.226. The molecule has 2 atom stereocenters. The monoisotopic (exact) mass is 242 g/mol. The first-order valence-electron chi connectivity index (χ1n) is 6.86. The van der Waals surface area contributed by atoms with Gasteiger partial charge in [0.25, 0.3) is 0 Å². The third-order valence-corrected chi connectivity index (χ3v) is 3.63. The molecule has 1 amide bonds. The highest BCUT2D eigenvalue weighted by atomic mass is 16.3. The van der Waals surface area contributed by atoms with Crippen LogP contribution in [-0.2, 0) is 4.79 Å². The van der Waals surface area contributed by atoms with Crippen LogP contribution < -0.4 is 5.73 Å². The smallest absolute Gasteiger partial charge is 0.227 e. The first-order valence-corrected chi connectivity index (χ1v) is 6.86. The highest BCUT2D eigenvalue weighted by Crippen LogP contribution is 2.24. The first-order chi connectivity index (χ1) is 8.24. The molecule has 1 fully saturated rings.